The zero-order valence-electron chi connectivity index (χ0n) is 9.67. The van der Waals surface area contributed by atoms with Gasteiger partial charge < -0.3 is 5.32 Å². The van der Waals surface area contributed by atoms with Gasteiger partial charge in [-0.3, -0.25) is 4.68 Å². The summed E-state index contributed by atoms with van der Waals surface area (Å²) in [6.45, 7) is 1.53. The van der Waals surface area contributed by atoms with Gasteiger partial charge in [0.25, 0.3) is 0 Å². The van der Waals surface area contributed by atoms with E-state index in [9.17, 15) is 0 Å². The van der Waals surface area contributed by atoms with Gasteiger partial charge in [-0.15, -0.1) is 5.10 Å². The molecule has 0 aliphatic heterocycles. The molecule has 0 fully saturated rings. The second kappa shape index (κ2) is 6.03. The highest BCUT2D eigenvalue weighted by molar-refractivity contribution is 6.30. The van der Waals surface area contributed by atoms with Crippen LogP contribution in [0.15, 0.2) is 30.6 Å². The van der Waals surface area contributed by atoms with E-state index in [-0.39, 0.29) is 0 Å². The van der Waals surface area contributed by atoms with Crippen molar-refractivity contribution in [2.45, 2.75) is 13.0 Å². The fourth-order valence-electron chi connectivity index (χ4n) is 1.58. The van der Waals surface area contributed by atoms with E-state index < -0.39 is 0 Å². The van der Waals surface area contributed by atoms with Gasteiger partial charge in [0.1, 0.15) is 6.07 Å². The minimum Gasteiger partial charge on any atom is -0.384 e. The van der Waals surface area contributed by atoms with Crippen LogP contribution in [0.25, 0.3) is 0 Å². The van der Waals surface area contributed by atoms with Crippen molar-refractivity contribution in [2.24, 2.45) is 0 Å². The topological polar surface area (TPSA) is 66.5 Å². The molecule has 0 aliphatic rings. The lowest BCUT2D eigenvalue weighted by Crippen LogP contribution is -2.08. The summed E-state index contributed by atoms with van der Waals surface area (Å²) >= 11 is 5.90. The van der Waals surface area contributed by atoms with E-state index >= 15 is 0 Å². The molecule has 92 valence electrons. The Labute approximate surface area is 110 Å². The summed E-state index contributed by atoms with van der Waals surface area (Å²) in [5.41, 5.74) is 1.36. The molecule has 1 heterocycles. The first-order valence-corrected chi connectivity index (χ1v) is 5.95. The standard InChI is InChI=1S/C12H12ClN5/c13-11-3-2-10(9-14)12(8-11)15-4-1-6-18-7-5-16-17-18/h2-3,5,7-8,15H,1,4,6H2. The number of hydrogen-bond acceptors (Lipinski definition) is 4. The van der Waals surface area contributed by atoms with Crippen LogP contribution in [0.4, 0.5) is 5.69 Å². The number of nitrogens with one attached hydrogen (secondary N) is 1. The Morgan fingerprint density at radius 1 is 1.44 bits per heavy atom. The van der Waals surface area contributed by atoms with Gasteiger partial charge in [-0.25, -0.2) is 0 Å². The second-order valence-corrected chi connectivity index (χ2v) is 4.18. The Morgan fingerprint density at radius 2 is 2.33 bits per heavy atom. The number of aromatic nitrogens is 3. The number of hydrogen-bond donors (Lipinski definition) is 1. The highest BCUT2D eigenvalue weighted by Gasteiger charge is 2.02. The minimum absolute atomic E-state index is 0.597. The van der Waals surface area contributed by atoms with Crippen LogP contribution in [0.5, 0.6) is 0 Å². The lowest BCUT2D eigenvalue weighted by atomic mass is 10.2. The Balaban J connectivity index is 1.86. The molecule has 6 heteroatoms. The first kappa shape index (κ1) is 12.4. The summed E-state index contributed by atoms with van der Waals surface area (Å²) in [6.07, 6.45) is 4.36. The maximum absolute atomic E-state index is 8.96. The molecular weight excluding hydrogens is 250 g/mol. The average Bonchev–Trinajstić information content (AvgIpc) is 2.88. The number of halogens is 1. The maximum atomic E-state index is 8.96. The van der Waals surface area contributed by atoms with Crippen molar-refractivity contribution in [3.05, 3.63) is 41.2 Å². The highest BCUT2D eigenvalue weighted by Crippen LogP contribution is 2.20. The molecule has 0 bridgehead atoms. The van der Waals surface area contributed by atoms with E-state index in [1.807, 2.05) is 6.20 Å². The zero-order chi connectivity index (χ0) is 12.8. The Morgan fingerprint density at radius 3 is 3.06 bits per heavy atom. The van der Waals surface area contributed by atoms with E-state index in [2.05, 4.69) is 21.7 Å². The van der Waals surface area contributed by atoms with Gasteiger partial charge >= 0.3 is 0 Å². The third-order valence-electron chi connectivity index (χ3n) is 2.45. The van der Waals surface area contributed by atoms with Crippen LogP contribution in [-0.2, 0) is 6.54 Å². The molecule has 0 unspecified atom stereocenters. The van der Waals surface area contributed by atoms with Gasteiger partial charge in [-0.1, -0.05) is 16.8 Å². The van der Waals surface area contributed by atoms with Gasteiger partial charge in [-0.2, -0.15) is 5.26 Å². The molecular formula is C12H12ClN5. The zero-order valence-corrected chi connectivity index (χ0v) is 10.4. The molecule has 2 aromatic rings. The van der Waals surface area contributed by atoms with Gasteiger partial charge in [-0.05, 0) is 24.6 Å². The van der Waals surface area contributed by atoms with E-state index in [4.69, 9.17) is 16.9 Å². The van der Waals surface area contributed by atoms with E-state index in [0.717, 1.165) is 25.2 Å². The molecule has 1 N–H and O–H groups in total. The van der Waals surface area contributed by atoms with Crippen molar-refractivity contribution in [3.63, 3.8) is 0 Å². The fourth-order valence-corrected chi connectivity index (χ4v) is 1.75. The predicted octanol–water partition coefficient (Wildman–Crippen LogP) is 2.31. The summed E-state index contributed by atoms with van der Waals surface area (Å²) in [5, 5.41) is 20.4. The van der Waals surface area contributed by atoms with Gasteiger partial charge in [0.2, 0.25) is 0 Å². The van der Waals surface area contributed by atoms with Crippen molar-refractivity contribution in [1.82, 2.24) is 15.0 Å². The third-order valence-corrected chi connectivity index (χ3v) is 2.69. The maximum Gasteiger partial charge on any atom is 0.101 e. The SMILES string of the molecule is N#Cc1ccc(Cl)cc1NCCCn1ccnn1. The molecule has 2 rings (SSSR count). The lowest BCUT2D eigenvalue weighted by Gasteiger charge is -2.08. The summed E-state index contributed by atoms with van der Waals surface area (Å²) in [4.78, 5) is 0. The Bertz CT molecular complexity index is 544. The van der Waals surface area contributed by atoms with Crippen LogP contribution in [0, 0.1) is 11.3 Å². The normalized spacial score (nSPS) is 10.0. The molecule has 0 atom stereocenters. The molecule has 1 aromatic carbocycles. The predicted molar refractivity (Wildman–Crippen MR) is 69.3 cm³/mol. The van der Waals surface area contributed by atoms with Crippen LogP contribution in [0.1, 0.15) is 12.0 Å². The quantitative estimate of drug-likeness (QED) is 0.839. The van der Waals surface area contributed by atoms with Gasteiger partial charge in [0.15, 0.2) is 0 Å². The first-order valence-electron chi connectivity index (χ1n) is 5.57. The van der Waals surface area contributed by atoms with E-state index in [0.29, 0.717) is 10.6 Å². The van der Waals surface area contributed by atoms with Crippen molar-refractivity contribution >= 4 is 17.3 Å². The summed E-state index contributed by atoms with van der Waals surface area (Å²) in [6, 6.07) is 7.31. The molecule has 0 saturated heterocycles. The van der Waals surface area contributed by atoms with Crippen LogP contribution in [-0.4, -0.2) is 21.5 Å². The Hall–Kier alpha value is -2.06. The van der Waals surface area contributed by atoms with Gasteiger partial charge in [0.05, 0.1) is 17.4 Å². The highest BCUT2D eigenvalue weighted by atomic mass is 35.5. The monoisotopic (exact) mass is 261 g/mol. The van der Waals surface area contributed by atoms with Crippen molar-refractivity contribution in [1.29, 1.82) is 5.26 Å². The summed E-state index contributed by atoms with van der Waals surface area (Å²) in [7, 11) is 0. The third kappa shape index (κ3) is 3.22. The second-order valence-electron chi connectivity index (χ2n) is 3.75. The summed E-state index contributed by atoms with van der Waals surface area (Å²) < 4.78 is 1.77. The number of rotatable bonds is 5. The average molecular weight is 262 g/mol. The molecule has 0 spiro atoms. The van der Waals surface area contributed by atoms with Crippen LogP contribution in [0.3, 0.4) is 0 Å². The number of benzene rings is 1. The van der Waals surface area contributed by atoms with E-state index in [1.165, 1.54) is 0 Å². The molecule has 1 aromatic heterocycles. The largest absolute Gasteiger partial charge is 0.384 e. The molecule has 0 radical (unpaired) electrons. The fraction of sp³-hybridized carbons (Fsp3) is 0.250. The van der Waals surface area contributed by atoms with Gasteiger partial charge in [0, 0.05) is 24.3 Å². The van der Waals surface area contributed by atoms with Crippen molar-refractivity contribution in [2.75, 3.05) is 11.9 Å². The number of anilines is 1. The van der Waals surface area contributed by atoms with Crippen LogP contribution in [0.2, 0.25) is 5.02 Å². The first-order chi connectivity index (χ1) is 8.79. The van der Waals surface area contributed by atoms with Crippen molar-refractivity contribution in [3.8, 4) is 6.07 Å². The molecule has 0 aliphatic carbocycles. The van der Waals surface area contributed by atoms with Crippen molar-refractivity contribution < 1.29 is 0 Å². The lowest BCUT2D eigenvalue weighted by molar-refractivity contribution is 0.570. The molecule has 0 saturated carbocycles. The summed E-state index contributed by atoms with van der Waals surface area (Å²) in [5.74, 6) is 0. The van der Waals surface area contributed by atoms with Crippen LogP contribution < -0.4 is 5.32 Å². The molecule has 18 heavy (non-hydrogen) atoms. The molecule has 0 amide bonds. The minimum atomic E-state index is 0.597. The van der Waals surface area contributed by atoms with Crippen LogP contribution >= 0.6 is 11.6 Å². The number of aryl methyl sites for hydroxylation is 1. The number of nitriles is 1. The number of nitrogens with zero attached hydrogens (tertiary/aromatic N) is 4. The Kier molecular flexibility index (Phi) is 4.15. The van der Waals surface area contributed by atoms with E-state index in [1.54, 1.807) is 29.1 Å². The molecule has 5 nitrogen and oxygen atoms in total. The smallest absolute Gasteiger partial charge is 0.101 e.